The molecule has 0 bridgehead atoms. The van der Waals surface area contributed by atoms with Crippen molar-refractivity contribution in [3.63, 3.8) is 0 Å². The van der Waals surface area contributed by atoms with Crippen LogP contribution >= 0.6 is 11.6 Å². The van der Waals surface area contributed by atoms with Gasteiger partial charge in [-0.1, -0.05) is 44.5 Å². The number of hydrogen-bond donors (Lipinski definition) is 3. The van der Waals surface area contributed by atoms with Gasteiger partial charge in [0.15, 0.2) is 0 Å². The number of carboxylic acids is 1. The molecule has 2 amide bonds. The normalized spacial score (nSPS) is 12.1. The summed E-state index contributed by atoms with van der Waals surface area (Å²) in [6.07, 6.45) is 1.37. The van der Waals surface area contributed by atoms with Crippen LogP contribution in [0.3, 0.4) is 0 Å². The summed E-state index contributed by atoms with van der Waals surface area (Å²) in [5, 5.41) is 20.3. The van der Waals surface area contributed by atoms with Gasteiger partial charge in [-0.3, -0.25) is 19.8 Å². The van der Waals surface area contributed by atoms with Gasteiger partial charge in [0.25, 0.3) is 11.8 Å². The summed E-state index contributed by atoms with van der Waals surface area (Å²) >= 11 is 6.14. The van der Waals surface area contributed by atoms with Crippen LogP contribution in [-0.4, -0.2) is 47.1 Å². The summed E-state index contributed by atoms with van der Waals surface area (Å²) in [4.78, 5) is 37.8. The second-order valence-electron chi connectivity index (χ2n) is 9.95. The minimum absolute atomic E-state index is 0.0453. The van der Waals surface area contributed by atoms with E-state index < -0.39 is 11.9 Å². The summed E-state index contributed by atoms with van der Waals surface area (Å²) in [6, 6.07) is 11.8. The Kier molecular flexibility index (Phi) is 9.60. The first-order valence-corrected chi connectivity index (χ1v) is 11.9. The molecule has 0 aliphatic heterocycles. The third-order valence-corrected chi connectivity index (χ3v) is 5.90. The molecule has 1 unspecified atom stereocenters. The summed E-state index contributed by atoms with van der Waals surface area (Å²) in [5.74, 6) is -1.75. The van der Waals surface area contributed by atoms with Crippen molar-refractivity contribution in [1.29, 1.82) is 5.41 Å². The molecule has 7 nitrogen and oxygen atoms in total. The number of rotatable bonds is 10. The minimum atomic E-state index is -0.978. The van der Waals surface area contributed by atoms with Crippen LogP contribution < -0.4 is 5.32 Å². The third-order valence-electron chi connectivity index (χ3n) is 5.68. The van der Waals surface area contributed by atoms with E-state index in [4.69, 9.17) is 22.1 Å². The molecule has 188 valence electrons. The maximum Gasteiger partial charge on any atom is 0.305 e. The number of halogens is 1. The lowest BCUT2D eigenvalue weighted by molar-refractivity contribution is -0.136. The number of hydrogen-bond acceptors (Lipinski definition) is 4. The van der Waals surface area contributed by atoms with E-state index in [0.717, 1.165) is 17.5 Å². The fourth-order valence-corrected chi connectivity index (χ4v) is 4.01. The second-order valence-corrected chi connectivity index (χ2v) is 10.4. The largest absolute Gasteiger partial charge is 0.481 e. The van der Waals surface area contributed by atoms with Crippen LogP contribution in [0.15, 0.2) is 42.5 Å². The summed E-state index contributed by atoms with van der Waals surface area (Å²) in [6.45, 7) is 8.31. The standard InChI is InChI=1S/C27H34ClN3O4/c1-17-14-20(16-21(28)15-17)24(29)26(35)31(5)22(10-12-27(2,3)4)18-6-8-19(9-7-18)25(34)30-13-11-23(32)33/h6-9,14-16,22,29H,10-13H2,1-5H3,(H,30,34)(H,32,33). The molecule has 0 aromatic heterocycles. The molecule has 0 saturated heterocycles. The zero-order valence-corrected chi connectivity index (χ0v) is 21.7. The van der Waals surface area contributed by atoms with Gasteiger partial charge in [0.05, 0.1) is 12.5 Å². The van der Waals surface area contributed by atoms with Crippen LogP contribution in [0.1, 0.15) is 73.1 Å². The molecule has 0 radical (unpaired) electrons. The lowest BCUT2D eigenvalue weighted by atomic mass is 9.86. The van der Waals surface area contributed by atoms with Crippen molar-refractivity contribution in [2.45, 2.75) is 53.0 Å². The maximum atomic E-state index is 13.3. The molecule has 2 rings (SSSR count). The van der Waals surface area contributed by atoms with E-state index in [1.165, 1.54) is 0 Å². The zero-order chi connectivity index (χ0) is 26.3. The van der Waals surface area contributed by atoms with Crippen LogP contribution in [0.2, 0.25) is 5.02 Å². The van der Waals surface area contributed by atoms with Crippen molar-refractivity contribution in [1.82, 2.24) is 10.2 Å². The van der Waals surface area contributed by atoms with Crippen molar-refractivity contribution in [2.24, 2.45) is 5.41 Å². The van der Waals surface area contributed by atoms with Crippen LogP contribution in [0.5, 0.6) is 0 Å². The number of carboxylic acid groups (broad SMARTS) is 1. The highest BCUT2D eigenvalue weighted by Gasteiger charge is 2.27. The summed E-state index contributed by atoms with van der Waals surface area (Å²) in [7, 11) is 1.69. The Morgan fingerprint density at radius 3 is 2.26 bits per heavy atom. The van der Waals surface area contributed by atoms with E-state index in [2.05, 4.69) is 26.1 Å². The molecule has 2 aromatic rings. The fourth-order valence-electron chi connectivity index (χ4n) is 3.72. The molecule has 2 aromatic carbocycles. The Morgan fingerprint density at radius 2 is 1.71 bits per heavy atom. The minimum Gasteiger partial charge on any atom is -0.481 e. The fraction of sp³-hybridized carbons (Fsp3) is 0.407. The number of benzene rings is 2. The van der Waals surface area contributed by atoms with Crippen molar-refractivity contribution < 1.29 is 19.5 Å². The summed E-state index contributed by atoms with van der Waals surface area (Å²) < 4.78 is 0. The number of aryl methyl sites for hydroxylation is 1. The lowest BCUT2D eigenvalue weighted by Gasteiger charge is -2.31. The number of carbonyl (C=O) groups is 3. The molecular weight excluding hydrogens is 466 g/mol. The molecule has 0 spiro atoms. The highest BCUT2D eigenvalue weighted by molar-refractivity contribution is 6.44. The topological polar surface area (TPSA) is 111 Å². The van der Waals surface area contributed by atoms with Gasteiger partial charge in [-0.25, -0.2) is 0 Å². The van der Waals surface area contributed by atoms with Gasteiger partial charge >= 0.3 is 5.97 Å². The van der Waals surface area contributed by atoms with Crippen LogP contribution in [-0.2, 0) is 9.59 Å². The third kappa shape index (κ3) is 8.51. The van der Waals surface area contributed by atoms with Crippen LogP contribution in [0, 0.1) is 17.7 Å². The number of nitrogens with one attached hydrogen (secondary N) is 2. The highest BCUT2D eigenvalue weighted by Crippen LogP contribution is 2.31. The van der Waals surface area contributed by atoms with Gasteiger partial charge in [0, 0.05) is 29.7 Å². The molecular formula is C27H34ClN3O4. The number of amides is 2. The van der Waals surface area contributed by atoms with E-state index in [0.29, 0.717) is 22.6 Å². The van der Waals surface area contributed by atoms with Crippen LogP contribution in [0.4, 0.5) is 0 Å². The first kappa shape index (κ1) is 28.1. The van der Waals surface area contributed by atoms with Crippen LogP contribution in [0.25, 0.3) is 0 Å². The van der Waals surface area contributed by atoms with E-state index in [9.17, 15) is 14.4 Å². The van der Waals surface area contributed by atoms with E-state index >= 15 is 0 Å². The van der Waals surface area contributed by atoms with Crippen molar-refractivity contribution >= 4 is 35.1 Å². The van der Waals surface area contributed by atoms with Gasteiger partial charge in [-0.2, -0.15) is 0 Å². The zero-order valence-electron chi connectivity index (χ0n) is 20.9. The van der Waals surface area contributed by atoms with Gasteiger partial charge in [-0.05, 0) is 66.6 Å². The highest BCUT2D eigenvalue weighted by atomic mass is 35.5. The number of nitrogens with zero attached hydrogens (tertiary/aromatic N) is 1. The Morgan fingerprint density at radius 1 is 1.09 bits per heavy atom. The summed E-state index contributed by atoms with van der Waals surface area (Å²) in [5.41, 5.74) is 2.51. The van der Waals surface area contributed by atoms with Gasteiger partial charge in [0.2, 0.25) is 0 Å². The quantitative estimate of drug-likeness (QED) is 0.388. The molecule has 0 heterocycles. The number of carbonyl (C=O) groups excluding carboxylic acids is 2. The first-order valence-electron chi connectivity index (χ1n) is 11.5. The van der Waals surface area contributed by atoms with Gasteiger partial charge < -0.3 is 15.3 Å². The average molecular weight is 500 g/mol. The van der Waals surface area contributed by atoms with E-state index in [1.807, 2.05) is 6.92 Å². The van der Waals surface area contributed by atoms with Gasteiger partial charge in [0.1, 0.15) is 5.71 Å². The van der Waals surface area contributed by atoms with E-state index in [1.54, 1.807) is 54.4 Å². The van der Waals surface area contributed by atoms with Crippen molar-refractivity contribution in [2.75, 3.05) is 13.6 Å². The molecule has 35 heavy (non-hydrogen) atoms. The molecule has 0 saturated carbocycles. The Bertz CT molecular complexity index is 1070. The van der Waals surface area contributed by atoms with Gasteiger partial charge in [-0.15, -0.1) is 0 Å². The number of likely N-dealkylation sites (N-methyl/N-ethyl adjacent to an activating group) is 1. The Hall–Kier alpha value is -3.19. The number of aliphatic carboxylic acids is 1. The van der Waals surface area contributed by atoms with E-state index in [-0.39, 0.29) is 36.0 Å². The molecule has 0 aliphatic rings. The Labute approximate surface area is 212 Å². The Balaban J connectivity index is 2.26. The first-order chi connectivity index (χ1) is 16.3. The predicted octanol–water partition coefficient (Wildman–Crippen LogP) is 5.25. The smallest absolute Gasteiger partial charge is 0.305 e. The lowest BCUT2D eigenvalue weighted by Crippen LogP contribution is -2.37. The monoisotopic (exact) mass is 499 g/mol. The second kappa shape index (κ2) is 12.0. The van der Waals surface area contributed by atoms with Crippen molar-refractivity contribution in [3.05, 3.63) is 69.7 Å². The molecule has 1 atom stereocenters. The SMILES string of the molecule is Cc1cc(Cl)cc(C(=N)C(=O)N(C)C(CCC(C)(C)C)c2ccc(C(=O)NCCC(=O)O)cc2)c1. The molecule has 0 aliphatic carbocycles. The maximum absolute atomic E-state index is 13.3. The molecule has 3 N–H and O–H groups in total. The predicted molar refractivity (Wildman–Crippen MR) is 138 cm³/mol. The van der Waals surface area contributed by atoms with Crippen molar-refractivity contribution in [3.8, 4) is 0 Å². The average Bonchev–Trinajstić information content (AvgIpc) is 2.76. The molecule has 0 fully saturated rings. The molecule has 8 heteroatoms.